The van der Waals surface area contributed by atoms with Crippen LogP contribution in [0, 0.1) is 0 Å². The molecule has 0 unspecified atom stereocenters. The molecule has 0 heterocycles. The van der Waals surface area contributed by atoms with Crippen LogP contribution < -0.4 is 9.47 Å². The second-order valence-corrected chi connectivity index (χ2v) is 4.07. The number of benzene rings is 2. The summed E-state index contributed by atoms with van der Waals surface area (Å²) in [6, 6.07) is 13.3. The Morgan fingerprint density at radius 3 is 2.10 bits per heavy atom. The zero-order chi connectivity index (χ0) is 14.5. The van der Waals surface area contributed by atoms with Gasteiger partial charge in [-0.05, 0) is 12.1 Å². The molecule has 2 aromatic rings. The molecule has 0 aliphatic carbocycles. The van der Waals surface area contributed by atoms with Crippen LogP contribution in [0.2, 0.25) is 0 Å². The lowest BCUT2D eigenvalue weighted by Gasteiger charge is -2.11. The Hall–Kier alpha value is -2.62. The van der Waals surface area contributed by atoms with Crippen LogP contribution in [0.4, 0.5) is 0 Å². The summed E-state index contributed by atoms with van der Waals surface area (Å²) in [6.07, 6.45) is 0. The molecule has 0 spiro atoms. The molecule has 0 aromatic heterocycles. The lowest BCUT2D eigenvalue weighted by Crippen LogP contribution is -2.15. The van der Waals surface area contributed by atoms with Gasteiger partial charge < -0.3 is 9.47 Å². The topological polar surface area (TPSA) is 52.6 Å². The minimum absolute atomic E-state index is 0.195. The fourth-order valence-electron chi connectivity index (χ4n) is 1.91. The van der Waals surface area contributed by atoms with Gasteiger partial charge >= 0.3 is 0 Å². The third-order valence-electron chi connectivity index (χ3n) is 2.89. The highest BCUT2D eigenvalue weighted by Crippen LogP contribution is 2.31. The van der Waals surface area contributed by atoms with Crippen LogP contribution in [0.25, 0.3) is 0 Å². The fourth-order valence-corrected chi connectivity index (χ4v) is 1.91. The first-order valence-corrected chi connectivity index (χ1v) is 6.04. The molecule has 102 valence electrons. The van der Waals surface area contributed by atoms with Crippen molar-refractivity contribution in [1.82, 2.24) is 0 Å². The zero-order valence-electron chi connectivity index (χ0n) is 11.3. The number of ketones is 2. The van der Waals surface area contributed by atoms with Crippen molar-refractivity contribution in [3.63, 3.8) is 0 Å². The van der Waals surface area contributed by atoms with Crippen molar-refractivity contribution in [2.45, 2.75) is 0 Å². The summed E-state index contributed by atoms with van der Waals surface area (Å²) in [5.41, 5.74) is 0.545. The van der Waals surface area contributed by atoms with Crippen LogP contribution in [0.15, 0.2) is 48.5 Å². The highest BCUT2D eigenvalue weighted by atomic mass is 16.5. The van der Waals surface area contributed by atoms with E-state index in [0.29, 0.717) is 11.3 Å². The van der Waals surface area contributed by atoms with Crippen molar-refractivity contribution in [3.05, 3.63) is 59.7 Å². The van der Waals surface area contributed by atoms with Gasteiger partial charge in [0, 0.05) is 5.56 Å². The largest absolute Gasteiger partial charge is 0.493 e. The molecule has 0 saturated carbocycles. The minimum Gasteiger partial charge on any atom is -0.493 e. The number of methoxy groups -OCH3 is 2. The average Bonchev–Trinajstić information content (AvgIpc) is 2.53. The third kappa shape index (κ3) is 2.54. The van der Waals surface area contributed by atoms with Crippen LogP contribution in [0.1, 0.15) is 20.7 Å². The summed E-state index contributed by atoms with van der Waals surface area (Å²) in [5, 5.41) is 0. The maximum absolute atomic E-state index is 12.3. The van der Waals surface area contributed by atoms with E-state index in [4.69, 9.17) is 9.47 Å². The van der Waals surface area contributed by atoms with E-state index in [1.54, 1.807) is 48.5 Å². The molecule has 4 heteroatoms. The maximum atomic E-state index is 12.3. The number of para-hydroxylation sites is 1. The lowest BCUT2D eigenvalue weighted by atomic mass is 10.0. The first kappa shape index (κ1) is 13.8. The lowest BCUT2D eigenvalue weighted by molar-refractivity contribution is 0.0814. The average molecular weight is 270 g/mol. The van der Waals surface area contributed by atoms with Gasteiger partial charge in [0.05, 0.1) is 19.8 Å². The number of carbonyl (C=O) groups excluding carboxylic acids is 2. The quantitative estimate of drug-likeness (QED) is 0.619. The molecule has 0 radical (unpaired) electrons. The first-order chi connectivity index (χ1) is 9.69. The van der Waals surface area contributed by atoms with Gasteiger partial charge in [-0.3, -0.25) is 9.59 Å². The number of Topliss-reactive ketones (excluding diaryl/α,β-unsaturated/α-hetero) is 2. The van der Waals surface area contributed by atoms with Crippen molar-refractivity contribution in [2.24, 2.45) is 0 Å². The van der Waals surface area contributed by atoms with Crippen molar-refractivity contribution in [2.75, 3.05) is 14.2 Å². The Morgan fingerprint density at radius 1 is 0.800 bits per heavy atom. The molecule has 2 aromatic carbocycles. The normalized spacial score (nSPS) is 9.90. The number of hydrogen-bond donors (Lipinski definition) is 0. The van der Waals surface area contributed by atoms with Gasteiger partial charge in [-0.1, -0.05) is 36.4 Å². The molecule has 0 atom stereocenters. The zero-order valence-corrected chi connectivity index (χ0v) is 11.3. The summed E-state index contributed by atoms with van der Waals surface area (Å²) < 4.78 is 10.3. The Bertz CT molecular complexity index is 632. The van der Waals surface area contributed by atoms with Crippen molar-refractivity contribution < 1.29 is 19.1 Å². The second kappa shape index (κ2) is 6.02. The van der Waals surface area contributed by atoms with Crippen LogP contribution in [0.5, 0.6) is 11.5 Å². The molecule has 4 nitrogen and oxygen atoms in total. The van der Waals surface area contributed by atoms with E-state index in [0.717, 1.165) is 0 Å². The fraction of sp³-hybridized carbons (Fsp3) is 0.125. The molecule has 0 amide bonds. The Labute approximate surface area is 116 Å². The van der Waals surface area contributed by atoms with Crippen LogP contribution in [0.3, 0.4) is 0 Å². The van der Waals surface area contributed by atoms with Crippen LogP contribution in [-0.4, -0.2) is 25.8 Å². The molecule has 0 aliphatic rings. The van der Waals surface area contributed by atoms with E-state index in [9.17, 15) is 9.59 Å². The van der Waals surface area contributed by atoms with E-state index in [1.807, 2.05) is 0 Å². The highest BCUT2D eigenvalue weighted by Gasteiger charge is 2.23. The molecule has 20 heavy (non-hydrogen) atoms. The van der Waals surface area contributed by atoms with Crippen molar-refractivity contribution >= 4 is 11.6 Å². The number of ether oxygens (including phenoxy) is 2. The number of carbonyl (C=O) groups is 2. The predicted molar refractivity (Wildman–Crippen MR) is 74.6 cm³/mol. The summed E-state index contributed by atoms with van der Waals surface area (Å²) in [6.45, 7) is 0. The van der Waals surface area contributed by atoms with Gasteiger partial charge in [0.15, 0.2) is 11.5 Å². The van der Waals surface area contributed by atoms with Gasteiger partial charge in [-0.2, -0.15) is 0 Å². The van der Waals surface area contributed by atoms with Gasteiger partial charge in [0.2, 0.25) is 11.6 Å². The van der Waals surface area contributed by atoms with Gasteiger partial charge in [-0.25, -0.2) is 0 Å². The molecule has 0 aliphatic heterocycles. The number of hydrogen-bond acceptors (Lipinski definition) is 4. The molecular weight excluding hydrogens is 256 g/mol. The summed E-state index contributed by atoms with van der Waals surface area (Å²) in [5.74, 6) is -0.507. The van der Waals surface area contributed by atoms with Gasteiger partial charge in [-0.15, -0.1) is 0 Å². The standard InChI is InChI=1S/C16H14O4/c1-19-13-10-6-9-12(16(13)20-2)15(18)14(17)11-7-4-3-5-8-11/h3-10H,1-2H3. The van der Waals surface area contributed by atoms with Crippen LogP contribution in [-0.2, 0) is 0 Å². The van der Waals surface area contributed by atoms with Crippen LogP contribution >= 0.6 is 0 Å². The number of rotatable bonds is 5. The highest BCUT2D eigenvalue weighted by molar-refractivity contribution is 6.49. The summed E-state index contributed by atoms with van der Waals surface area (Å²) in [7, 11) is 2.91. The Morgan fingerprint density at radius 2 is 1.50 bits per heavy atom. The van der Waals surface area contributed by atoms with E-state index in [2.05, 4.69) is 0 Å². The Balaban J connectivity index is 2.42. The first-order valence-electron chi connectivity index (χ1n) is 6.04. The van der Waals surface area contributed by atoms with Gasteiger partial charge in [0.25, 0.3) is 0 Å². The monoisotopic (exact) mass is 270 g/mol. The smallest absolute Gasteiger partial charge is 0.237 e. The second-order valence-electron chi connectivity index (χ2n) is 4.07. The SMILES string of the molecule is COc1cccc(C(=O)C(=O)c2ccccc2)c1OC. The molecule has 0 fully saturated rings. The molecular formula is C16H14O4. The van der Waals surface area contributed by atoms with Gasteiger partial charge in [0.1, 0.15) is 0 Å². The molecule has 0 bridgehead atoms. The van der Waals surface area contributed by atoms with E-state index in [1.165, 1.54) is 14.2 Å². The summed E-state index contributed by atoms with van der Waals surface area (Å²) >= 11 is 0. The van der Waals surface area contributed by atoms with E-state index < -0.39 is 11.6 Å². The minimum atomic E-state index is -0.619. The summed E-state index contributed by atoms with van der Waals surface area (Å²) in [4.78, 5) is 24.5. The maximum Gasteiger partial charge on any atom is 0.237 e. The third-order valence-corrected chi connectivity index (χ3v) is 2.89. The van der Waals surface area contributed by atoms with Crippen molar-refractivity contribution in [1.29, 1.82) is 0 Å². The molecule has 2 rings (SSSR count). The Kier molecular flexibility index (Phi) is 4.15. The van der Waals surface area contributed by atoms with E-state index in [-0.39, 0.29) is 11.3 Å². The van der Waals surface area contributed by atoms with Crippen molar-refractivity contribution in [3.8, 4) is 11.5 Å². The molecule has 0 saturated heterocycles. The molecule has 0 N–H and O–H groups in total. The predicted octanol–water partition coefficient (Wildman–Crippen LogP) is 2.77. The van der Waals surface area contributed by atoms with E-state index >= 15 is 0 Å².